The fourth-order valence-electron chi connectivity index (χ4n) is 4.19. The van der Waals surface area contributed by atoms with E-state index in [4.69, 9.17) is 4.74 Å². The Morgan fingerprint density at radius 1 is 1.00 bits per heavy atom. The van der Waals surface area contributed by atoms with Gasteiger partial charge in [-0.25, -0.2) is 0 Å². The molecule has 2 fully saturated rings. The van der Waals surface area contributed by atoms with Crippen molar-refractivity contribution in [1.82, 2.24) is 0 Å². The number of allylic oxidation sites excluding steroid dienone is 2. The molecule has 0 N–H and O–H groups in total. The monoisotopic (exact) mass is 297 g/mol. The van der Waals surface area contributed by atoms with E-state index in [1.165, 1.54) is 4.90 Å². The molecule has 4 heteroatoms. The molecule has 5 rings (SSSR count). The Balaban J connectivity index is 1.66. The molecule has 1 saturated heterocycles. The second kappa shape index (κ2) is 4.97. The van der Waals surface area contributed by atoms with Crippen LogP contribution in [0.3, 0.4) is 0 Å². The van der Waals surface area contributed by atoms with Crippen LogP contribution in [0.15, 0.2) is 36.4 Å². The number of carbonyl (C=O) groups is 2. The van der Waals surface area contributed by atoms with Crippen molar-refractivity contribution < 1.29 is 14.3 Å². The second-order valence-corrected chi connectivity index (χ2v) is 6.28. The number of ether oxygens (including phenoxy) is 1. The predicted molar refractivity (Wildman–Crippen MR) is 82.4 cm³/mol. The van der Waals surface area contributed by atoms with Gasteiger partial charge < -0.3 is 4.74 Å². The van der Waals surface area contributed by atoms with Crippen LogP contribution < -0.4 is 9.64 Å². The molecule has 114 valence electrons. The summed E-state index contributed by atoms with van der Waals surface area (Å²) in [6, 6.07) is 7.23. The number of rotatable bonds is 3. The Kier molecular flexibility index (Phi) is 3.06. The lowest BCUT2D eigenvalue weighted by Gasteiger charge is -2.38. The quantitative estimate of drug-likeness (QED) is 0.636. The van der Waals surface area contributed by atoms with Crippen LogP contribution in [0.4, 0.5) is 5.69 Å². The number of carbonyl (C=O) groups excluding carboxylic acids is 2. The minimum Gasteiger partial charge on any atom is -0.494 e. The first-order chi connectivity index (χ1) is 10.7. The van der Waals surface area contributed by atoms with Crippen molar-refractivity contribution in [1.29, 1.82) is 0 Å². The van der Waals surface area contributed by atoms with Gasteiger partial charge in [-0.05, 0) is 55.9 Å². The van der Waals surface area contributed by atoms with Crippen LogP contribution in [-0.2, 0) is 9.59 Å². The van der Waals surface area contributed by atoms with Gasteiger partial charge in [0.05, 0.1) is 24.1 Å². The summed E-state index contributed by atoms with van der Waals surface area (Å²) in [5.41, 5.74) is 0.659. The summed E-state index contributed by atoms with van der Waals surface area (Å²) < 4.78 is 5.42. The van der Waals surface area contributed by atoms with Crippen LogP contribution in [0.25, 0.3) is 0 Å². The third kappa shape index (κ3) is 1.83. The maximum absolute atomic E-state index is 12.8. The third-order valence-corrected chi connectivity index (χ3v) is 5.17. The van der Waals surface area contributed by atoms with Crippen LogP contribution in [-0.4, -0.2) is 18.4 Å². The zero-order chi connectivity index (χ0) is 15.3. The Morgan fingerprint density at radius 3 is 2.00 bits per heavy atom. The van der Waals surface area contributed by atoms with Gasteiger partial charge >= 0.3 is 0 Å². The molecular weight excluding hydrogens is 278 g/mol. The normalized spacial score (nSPS) is 32.5. The van der Waals surface area contributed by atoms with E-state index in [0.717, 1.165) is 18.6 Å². The topological polar surface area (TPSA) is 46.6 Å². The molecule has 1 aliphatic heterocycles. The summed E-state index contributed by atoms with van der Waals surface area (Å²) in [6.07, 6.45) is 6.33. The van der Waals surface area contributed by atoms with Gasteiger partial charge in [0.1, 0.15) is 5.75 Å². The number of anilines is 1. The van der Waals surface area contributed by atoms with Gasteiger partial charge in [-0.15, -0.1) is 0 Å². The number of amides is 2. The van der Waals surface area contributed by atoms with Gasteiger partial charge in [0.25, 0.3) is 0 Å². The van der Waals surface area contributed by atoms with Gasteiger partial charge in [-0.2, -0.15) is 0 Å². The summed E-state index contributed by atoms with van der Waals surface area (Å²) in [6.45, 7) is 2.52. The summed E-state index contributed by atoms with van der Waals surface area (Å²) in [7, 11) is 0. The van der Waals surface area contributed by atoms with Crippen molar-refractivity contribution in [3.63, 3.8) is 0 Å². The van der Waals surface area contributed by atoms with Crippen molar-refractivity contribution in [2.75, 3.05) is 11.5 Å². The second-order valence-electron chi connectivity index (χ2n) is 6.28. The standard InChI is InChI=1S/C18H19NO3/c1-2-22-14-9-7-13(8-10-14)19-17(20)15-11-3-4-12(6-5-11)16(15)18(19)21/h3-4,7-12,15-16H,2,5-6H2,1H3. The molecule has 0 radical (unpaired) electrons. The fourth-order valence-corrected chi connectivity index (χ4v) is 4.19. The molecule has 4 unspecified atom stereocenters. The van der Waals surface area contributed by atoms with Crippen molar-refractivity contribution in [2.24, 2.45) is 23.7 Å². The number of imide groups is 1. The molecule has 3 aliphatic carbocycles. The van der Waals surface area contributed by atoms with Gasteiger partial charge in [0.15, 0.2) is 0 Å². The first kappa shape index (κ1) is 13.6. The highest BCUT2D eigenvalue weighted by Crippen LogP contribution is 2.50. The van der Waals surface area contributed by atoms with Gasteiger partial charge in [-0.3, -0.25) is 14.5 Å². The first-order valence-corrected chi connectivity index (χ1v) is 7.99. The van der Waals surface area contributed by atoms with E-state index >= 15 is 0 Å². The molecule has 1 aromatic carbocycles. The number of hydrogen-bond acceptors (Lipinski definition) is 3. The minimum absolute atomic E-state index is 0.0294. The predicted octanol–water partition coefficient (Wildman–Crippen LogP) is 2.79. The average molecular weight is 297 g/mol. The lowest BCUT2D eigenvalue weighted by Crippen LogP contribution is -2.38. The Labute approximate surface area is 129 Å². The van der Waals surface area contributed by atoms with Gasteiger partial charge in [0.2, 0.25) is 11.8 Å². The molecule has 4 atom stereocenters. The van der Waals surface area contributed by atoms with Crippen molar-refractivity contribution in [3.8, 4) is 5.75 Å². The Morgan fingerprint density at radius 2 is 1.55 bits per heavy atom. The van der Waals surface area contributed by atoms with Crippen molar-refractivity contribution >= 4 is 17.5 Å². The van der Waals surface area contributed by atoms with Crippen LogP contribution in [0.2, 0.25) is 0 Å². The van der Waals surface area contributed by atoms with E-state index in [2.05, 4.69) is 12.2 Å². The molecule has 2 amide bonds. The Bertz CT molecular complexity index is 617. The molecule has 0 aromatic heterocycles. The SMILES string of the molecule is CCOc1ccc(N2C(=O)C3C4C=CC(CC4)C3C2=O)cc1. The number of fused-ring (bicyclic) bond motifs is 1. The van der Waals surface area contributed by atoms with Crippen LogP contribution in [0.1, 0.15) is 19.8 Å². The lowest BCUT2D eigenvalue weighted by molar-refractivity contribution is -0.124. The fraction of sp³-hybridized carbons (Fsp3) is 0.444. The van der Waals surface area contributed by atoms with E-state index < -0.39 is 0 Å². The third-order valence-electron chi connectivity index (χ3n) is 5.17. The maximum atomic E-state index is 12.8. The summed E-state index contributed by atoms with van der Waals surface area (Å²) in [4.78, 5) is 27.0. The zero-order valence-electron chi connectivity index (χ0n) is 12.6. The molecule has 2 bridgehead atoms. The smallest absolute Gasteiger partial charge is 0.238 e. The minimum atomic E-state index is -0.150. The highest BCUT2D eigenvalue weighted by molar-refractivity contribution is 6.22. The Hall–Kier alpha value is -2.10. The van der Waals surface area contributed by atoms with E-state index in [9.17, 15) is 9.59 Å². The van der Waals surface area contributed by atoms with E-state index in [0.29, 0.717) is 12.3 Å². The highest BCUT2D eigenvalue weighted by Gasteiger charge is 2.56. The van der Waals surface area contributed by atoms with Crippen molar-refractivity contribution in [2.45, 2.75) is 19.8 Å². The summed E-state index contributed by atoms with van der Waals surface area (Å²) >= 11 is 0. The molecule has 4 aliphatic rings. The molecule has 1 aromatic rings. The first-order valence-electron chi connectivity index (χ1n) is 7.99. The number of hydrogen-bond donors (Lipinski definition) is 0. The summed E-state index contributed by atoms with van der Waals surface area (Å²) in [5, 5.41) is 0. The highest BCUT2D eigenvalue weighted by atomic mass is 16.5. The van der Waals surface area contributed by atoms with Crippen molar-refractivity contribution in [3.05, 3.63) is 36.4 Å². The number of nitrogens with zero attached hydrogens (tertiary/aromatic N) is 1. The molecule has 1 saturated carbocycles. The molecular formula is C18H19NO3. The average Bonchev–Trinajstić information content (AvgIpc) is 2.84. The molecule has 0 spiro atoms. The van der Waals surface area contributed by atoms with Gasteiger partial charge in [0, 0.05) is 0 Å². The van der Waals surface area contributed by atoms with Crippen LogP contribution in [0, 0.1) is 23.7 Å². The number of benzene rings is 1. The largest absolute Gasteiger partial charge is 0.494 e. The zero-order valence-corrected chi connectivity index (χ0v) is 12.6. The molecule has 22 heavy (non-hydrogen) atoms. The van der Waals surface area contributed by atoms with Crippen LogP contribution in [0.5, 0.6) is 5.75 Å². The van der Waals surface area contributed by atoms with Gasteiger partial charge in [-0.1, -0.05) is 12.2 Å². The van der Waals surface area contributed by atoms with E-state index in [1.807, 2.05) is 19.1 Å². The van der Waals surface area contributed by atoms with E-state index in [-0.39, 0.29) is 35.5 Å². The van der Waals surface area contributed by atoms with E-state index in [1.54, 1.807) is 12.1 Å². The maximum Gasteiger partial charge on any atom is 0.238 e. The molecule has 4 nitrogen and oxygen atoms in total. The van der Waals surface area contributed by atoms with Crippen LogP contribution >= 0.6 is 0 Å². The summed E-state index contributed by atoms with van der Waals surface area (Å²) in [5.74, 6) is 0.866. The lowest BCUT2D eigenvalue weighted by atomic mass is 9.63. The molecule has 1 heterocycles.